The summed E-state index contributed by atoms with van der Waals surface area (Å²) in [6.07, 6.45) is 3.37. The quantitative estimate of drug-likeness (QED) is 0.766. The summed E-state index contributed by atoms with van der Waals surface area (Å²) in [7, 11) is -1.65. The van der Waals surface area contributed by atoms with Gasteiger partial charge in [0.2, 0.25) is 0 Å². The molecule has 2 rings (SSSR count). The number of ether oxygens (including phenoxy) is 1. The van der Waals surface area contributed by atoms with Gasteiger partial charge < -0.3 is 14.8 Å². The molecule has 0 amide bonds. The lowest BCUT2D eigenvalue weighted by Gasteiger charge is -2.33. The van der Waals surface area contributed by atoms with Crippen LogP contribution in [0.15, 0.2) is 18.2 Å². The zero-order chi connectivity index (χ0) is 15.2. The molecule has 0 bridgehead atoms. The number of halogens is 1. The van der Waals surface area contributed by atoms with Crippen LogP contribution in [0.3, 0.4) is 0 Å². The van der Waals surface area contributed by atoms with Crippen LogP contribution >= 0.6 is 0 Å². The molecular formula is C15H23BFNO3. The van der Waals surface area contributed by atoms with E-state index < -0.39 is 12.9 Å². The fraction of sp³-hybridized carbons (Fsp3) is 0.600. The summed E-state index contributed by atoms with van der Waals surface area (Å²) in [4.78, 5) is 2.23. The fourth-order valence-corrected chi connectivity index (χ4v) is 2.77. The molecule has 0 radical (unpaired) electrons. The monoisotopic (exact) mass is 295 g/mol. The molecule has 1 atom stereocenters. The Kier molecular flexibility index (Phi) is 6.17. The second kappa shape index (κ2) is 7.89. The van der Waals surface area contributed by atoms with Crippen LogP contribution in [0.5, 0.6) is 0 Å². The SMILES string of the molecule is CCCOC1CCCN(Cc2ccc(F)cc2B(O)O)C1. The smallest absolute Gasteiger partial charge is 0.423 e. The van der Waals surface area contributed by atoms with Crippen molar-refractivity contribution < 1.29 is 19.2 Å². The van der Waals surface area contributed by atoms with Gasteiger partial charge in [-0.15, -0.1) is 0 Å². The van der Waals surface area contributed by atoms with E-state index in [2.05, 4.69) is 11.8 Å². The molecule has 2 N–H and O–H groups in total. The summed E-state index contributed by atoms with van der Waals surface area (Å²) in [6.45, 7) is 5.23. The lowest BCUT2D eigenvalue weighted by Crippen LogP contribution is -2.42. The number of hydrogen-bond acceptors (Lipinski definition) is 4. The summed E-state index contributed by atoms with van der Waals surface area (Å²) in [5.41, 5.74) is 0.995. The van der Waals surface area contributed by atoms with Crippen LogP contribution in [0.2, 0.25) is 0 Å². The molecular weight excluding hydrogens is 272 g/mol. The van der Waals surface area contributed by atoms with Crippen LogP contribution in [0.4, 0.5) is 4.39 Å². The van der Waals surface area contributed by atoms with E-state index >= 15 is 0 Å². The molecule has 1 aliphatic heterocycles. The van der Waals surface area contributed by atoms with E-state index in [1.807, 2.05) is 0 Å². The van der Waals surface area contributed by atoms with Crippen molar-refractivity contribution in [2.24, 2.45) is 0 Å². The van der Waals surface area contributed by atoms with Gasteiger partial charge in [-0.05, 0) is 49.0 Å². The van der Waals surface area contributed by atoms with Gasteiger partial charge in [0.25, 0.3) is 0 Å². The Balaban J connectivity index is 2.00. The third-order valence-electron chi connectivity index (χ3n) is 3.80. The van der Waals surface area contributed by atoms with E-state index in [-0.39, 0.29) is 11.6 Å². The Morgan fingerprint density at radius 1 is 1.43 bits per heavy atom. The van der Waals surface area contributed by atoms with Gasteiger partial charge in [0.15, 0.2) is 0 Å². The molecule has 1 fully saturated rings. The fourth-order valence-electron chi connectivity index (χ4n) is 2.77. The topological polar surface area (TPSA) is 52.9 Å². The highest BCUT2D eigenvalue weighted by atomic mass is 19.1. The van der Waals surface area contributed by atoms with Crippen LogP contribution < -0.4 is 5.46 Å². The molecule has 1 saturated heterocycles. The van der Waals surface area contributed by atoms with E-state index in [4.69, 9.17) is 4.74 Å². The normalized spacial score (nSPS) is 19.7. The van der Waals surface area contributed by atoms with Gasteiger partial charge in [0, 0.05) is 19.7 Å². The van der Waals surface area contributed by atoms with Crippen LogP contribution in [-0.4, -0.2) is 47.9 Å². The first-order valence-corrected chi connectivity index (χ1v) is 7.58. The van der Waals surface area contributed by atoms with Crippen LogP contribution in [0.25, 0.3) is 0 Å². The Labute approximate surface area is 125 Å². The van der Waals surface area contributed by atoms with Crippen molar-refractivity contribution in [2.45, 2.75) is 38.8 Å². The molecule has 0 aliphatic carbocycles. The maximum Gasteiger partial charge on any atom is 0.488 e. The zero-order valence-corrected chi connectivity index (χ0v) is 12.5. The largest absolute Gasteiger partial charge is 0.488 e. The Hall–Kier alpha value is -0.945. The minimum Gasteiger partial charge on any atom is -0.423 e. The molecule has 116 valence electrons. The number of rotatable bonds is 6. The average molecular weight is 295 g/mol. The zero-order valence-electron chi connectivity index (χ0n) is 12.5. The molecule has 4 nitrogen and oxygen atoms in total. The van der Waals surface area contributed by atoms with Gasteiger partial charge in [-0.3, -0.25) is 4.90 Å². The molecule has 1 heterocycles. The molecule has 0 spiro atoms. The van der Waals surface area contributed by atoms with Gasteiger partial charge in [-0.1, -0.05) is 13.0 Å². The molecule has 0 aromatic heterocycles. The Morgan fingerprint density at radius 2 is 2.24 bits per heavy atom. The van der Waals surface area contributed by atoms with Crippen molar-refractivity contribution in [3.63, 3.8) is 0 Å². The predicted molar refractivity (Wildman–Crippen MR) is 80.8 cm³/mol. The van der Waals surface area contributed by atoms with E-state index in [1.165, 1.54) is 12.1 Å². The lowest BCUT2D eigenvalue weighted by molar-refractivity contribution is -0.00217. The van der Waals surface area contributed by atoms with Gasteiger partial charge >= 0.3 is 7.12 Å². The first-order valence-electron chi connectivity index (χ1n) is 7.58. The minimum atomic E-state index is -1.65. The first kappa shape index (κ1) is 16.4. The van der Waals surface area contributed by atoms with E-state index in [9.17, 15) is 14.4 Å². The number of benzene rings is 1. The number of likely N-dealkylation sites (tertiary alicyclic amines) is 1. The average Bonchev–Trinajstić information content (AvgIpc) is 2.47. The van der Waals surface area contributed by atoms with Gasteiger partial charge in [-0.25, -0.2) is 4.39 Å². The standard InChI is InChI=1S/C15H23BFNO3/c1-2-8-21-14-4-3-7-18(11-14)10-12-5-6-13(17)9-15(12)16(19)20/h5-6,9,14,19-20H,2-4,7-8,10-11H2,1H3. The van der Waals surface area contributed by atoms with E-state index in [1.54, 1.807) is 6.07 Å². The third kappa shape index (κ3) is 4.78. The van der Waals surface area contributed by atoms with E-state index in [0.29, 0.717) is 6.54 Å². The lowest BCUT2D eigenvalue weighted by atomic mass is 9.76. The Bertz CT molecular complexity index is 459. The second-order valence-corrected chi connectivity index (χ2v) is 5.59. The van der Waals surface area contributed by atoms with Crippen LogP contribution in [0, 0.1) is 5.82 Å². The summed E-state index contributed by atoms with van der Waals surface area (Å²) in [5, 5.41) is 18.7. The van der Waals surface area contributed by atoms with E-state index in [0.717, 1.165) is 44.5 Å². The number of piperidine rings is 1. The third-order valence-corrected chi connectivity index (χ3v) is 3.80. The number of hydrogen-bond donors (Lipinski definition) is 2. The predicted octanol–water partition coefficient (Wildman–Crippen LogP) is 0.896. The summed E-state index contributed by atoms with van der Waals surface area (Å²) in [6, 6.07) is 4.17. The summed E-state index contributed by atoms with van der Waals surface area (Å²) >= 11 is 0. The molecule has 0 saturated carbocycles. The van der Waals surface area contributed by atoms with Gasteiger partial charge in [-0.2, -0.15) is 0 Å². The molecule has 6 heteroatoms. The Morgan fingerprint density at radius 3 is 2.95 bits per heavy atom. The maximum absolute atomic E-state index is 13.2. The molecule has 1 unspecified atom stereocenters. The van der Waals surface area contributed by atoms with Crippen molar-refractivity contribution in [3.8, 4) is 0 Å². The van der Waals surface area contributed by atoms with Crippen molar-refractivity contribution in [1.29, 1.82) is 0 Å². The van der Waals surface area contributed by atoms with Crippen molar-refractivity contribution in [3.05, 3.63) is 29.6 Å². The van der Waals surface area contributed by atoms with Crippen molar-refractivity contribution in [2.75, 3.05) is 19.7 Å². The highest BCUT2D eigenvalue weighted by Crippen LogP contribution is 2.16. The van der Waals surface area contributed by atoms with Gasteiger partial charge in [0.05, 0.1) is 6.10 Å². The van der Waals surface area contributed by atoms with Crippen molar-refractivity contribution >= 4 is 12.6 Å². The van der Waals surface area contributed by atoms with Crippen LogP contribution in [-0.2, 0) is 11.3 Å². The van der Waals surface area contributed by atoms with Crippen LogP contribution in [0.1, 0.15) is 31.7 Å². The first-order chi connectivity index (χ1) is 10.1. The minimum absolute atomic E-state index is 0.238. The molecule has 1 aromatic carbocycles. The number of nitrogens with zero attached hydrogens (tertiary/aromatic N) is 1. The highest BCUT2D eigenvalue weighted by Gasteiger charge is 2.23. The maximum atomic E-state index is 13.2. The summed E-state index contributed by atoms with van der Waals surface area (Å²) in [5.74, 6) is -0.454. The second-order valence-electron chi connectivity index (χ2n) is 5.59. The molecule has 21 heavy (non-hydrogen) atoms. The van der Waals surface area contributed by atoms with Gasteiger partial charge in [0.1, 0.15) is 5.82 Å². The summed E-state index contributed by atoms with van der Waals surface area (Å²) < 4.78 is 19.0. The highest BCUT2D eigenvalue weighted by molar-refractivity contribution is 6.59. The molecule has 1 aromatic rings. The van der Waals surface area contributed by atoms with Crippen molar-refractivity contribution in [1.82, 2.24) is 4.90 Å². The molecule has 1 aliphatic rings.